The number of nitrogens with one attached hydrogen (secondary N) is 2. The Morgan fingerprint density at radius 3 is 2.80 bits per heavy atom. The molecule has 1 heterocycles. The monoisotopic (exact) mass is 279 g/mol. The molecule has 6 nitrogen and oxygen atoms in total. The molecule has 0 spiro atoms. The number of carboxylic acid groups (broad SMARTS) is 1. The number of aromatic nitrogens is 1. The minimum atomic E-state index is -0.783. The summed E-state index contributed by atoms with van der Waals surface area (Å²) < 4.78 is 0. The Bertz CT molecular complexity index is 463. The Kier molecular flexibility index (Phi) is 6.49. The van der Waals surface area contributed by atoms with E-state index in [1.165, 1.54) is 0 Å². The van der Waals surface area contributed by atoms with Gasteiger partial charge in [-0.3, -0.25) is 9.78 Å². The number of carbonyl (C=O) groups is 2. The molecule has 1 unspecified atom stereocenters. The van der Waals surface area contributed by atoms with Crippen LogP contribution < -0.4 is 10.6 Å². The average molecular weight is 279 g/mol. The second-order valence-electron chi connectivity index (χ2n) is 4.90. The maximum atomic E-state index is 11.7. The molecule has 1 rings (SSSR count). The van der Waals surface area contributed by atoms with Crippen molar-refractivity contribution in [2.24, 2.45) is 5.92 Å². The lowest BCUT2D eigenvalue weighted by Gasteiger charge is -2.12. The molecular weight excluding hydrogens is 258 g/mol. The van der Waals surface area contributed by atoms with E-state index in [4.69, 9.17) is 5.11 Å². The summed E-state index contributed by atoms with van der Waals surface area (Å²) in [4.78, 5) is 26.1. The molecule has 0 aliphatic heterocycles. The lowest BCUT2D eigenvalue weighted by atomic mass is 10.0. The molecular formula is C14H21N3O3. The van der Waals surface area contributed by atoms with Gasteiger partial charge in [0.25, 0.3) is 0 Å². The SMILES string of the molecule is Cc1ccncc1NC(=O)NCCC(C)CCC(=O)O. The number of urea groups is 1. The van der Waals surface area contributed by atoms with E-state index in [-0.39, 0.29) is 18.4 Å². The number of rotatable bonds is 7. The summed E-state index contributed by atoms with van der Waals surface area (Å²) in [5.41, 5.74) is 1.63. The standard InChI is InChI=1S/C14H21N3O3/c1-10(3-4-13(18)19)5-8-16-14(20)17-12-9-15-7-6-11(12)2/h6-7,9-10H,3-5,8H2,1-2H3,(H,18,19)(H2,16,17,20). The molecule has 6 heteroatoms. The van der Waals surface area contributed by atoms with Crippen LogP contribution in [0.4, 0.5) is 10.5 Å². The van der Waals surface area contributed by atoms with Crippen molar-refractivity contribution in [1.82, 2.24) is 10.3 Å². The number of hydrogen-bond acceptors (Lipinski definition) is 3. The predicted octanol–water partition coefficient (Wildman–Crippen LogP) is 2.40. The lowest BCUT2D eigenvalue weighted by Crippen LogP contribution is -2.30. The first-order valence-corrected chi connectivity index (χ1v) is 6.66. The first kappa shape index (κ1) is 15.9. The van der Waals surface area contributed by atoms with Crippen LogP contribution in [-0.4, -0.2) is 28.6 Å². The Hall–Kier alpha value is -2.11. The van der Waals surface area contributed by atoms with Crippen molar-refractivity contribution in [3.63, 3.8) is 0 Å². The number of amides is 2. The van der Waals surface area contributed by atoms with Gasteiger partial charge in [-0.2, -0.15) is 0 Å². The lowest BCUT2D eigenvalue weighted by molar-refractivity contribution is -0.137. The Morgan fingerprint density at radius 2 is 2.15 bits per heavy atom. The molecule has 0 aromatic carbocycles. The average Bonchev–Trinajstić information content (AvgIpc) is 2.39. The molecule has 0 saturated carbocycles. The molecule has 20 heavy (non-hydrogen) atoms. The molecule has 110 valence electrons. The van der Waals surface area contributed by atoms with Gasteiger partial charge in [0.15, 0.2) is 0 Å². The Balaban J connectivity index is 2.24. The smallest absolute Gasteiger partial charge is 0.319 e. The van der Waals surface area contributed by atoms with Gasteiger partial charge in [0, 0.05) is 19.2 Å². The first-order chi connectivity index (χ1) is 9.49. The van der Waals surface area contributed by atoms with E-state index in [0.29, 0.717) is 18.7 Å². The first-order valence-electron chi connectivity index (χ1n) is 6.66. The number of carboxylic acids is 1. The molecule has 0 fully saturated rings. The third kappa shape index (κ3) is 6.17. The van der Waals surface area contributed by atoms with Crippen LogP contribution in [0.3, 0.4) is 0 Å². The van der Waals surface area contributed by atoms with Gasteiger partial charge in [-0.05, 0) is 37.3 Å². The normalized spacial score (nSPS) is 11.7. The van der Waals surface area contributed by atoms with Crippen LogP contribution in [0.15, 0.2) is 18.5 Å². The molecule has 0 radical (unpaired) electrons. The topological polar surface area (TPSA) is 91.3 Å². The van der Waals surface area contributed by atoms with Crippen molar-refractivity contribution in [1.29, 1.82) is 0 Å². The van der Waals surface area contributed by atoms with Crippen LogP contribution in [-0.2, 0) is 4.79 Å². The van der Waals surface area contributed by atoms with E-state index < -0.39 is 5.97 Å². The predicted molar refractivity (Wildman–Crippen MR) is 76.6 cm³/mol. The fraction of sp³-hybridized carbons (Fsp3) is 0.500. The summed E-state index contributed by atoms with van der Waals surface area (Å²) in [5.74, 6) is -0.513. The van der Waals surface area contributed by atoms with Gasteiger partial charge in [0.1, 0.15) is 0 Å². The summed E-state index contributed by atoms with van der Waals surface area (Å²) in [5, 5.41) is 14.1. The quantitative estimate of drug-likeness (QED) is 0.714. The molecule has 0 aliphatic rings. The molecule has 0 saturated heterocycles. The maximum absolute atomic E-state index is 11.7. The van der Waals surface area contributed by atoms with Gasteiger partial charge in [0.2, 0.25) is 0 Å². The highest BCUT2D eigenvalue weighted by Gasteiger charge is 2.07. The Labute approximate surface area is 118 Å². The third-order valence-corrected chi connectivity index (χ3v) is 3.06. The van der Waals surface area contributed by atoms with E-state index in [1.54, 1.807) is 12.4 Å². The molecule has 1 atom stereocenters. The molecule has 1 aromatic rings. The van der Waals surface area contributed by atoms with Crippen LogP contribution in [0, 0.1) is 12.8 Å². The molecule has 3 N–H and O–H groups in total. The third-order valence-electron chi connectivity index (χ3n) is 3.06. The fourth-order valence-electron chi connectivity index (χ4n) is 1.71. The van der Waals surface area contributed by atoms with E-state index in [9.17, 15) is 9.59 Å². The highest BCUT2D eigenvalue weighted by molar-refractivity contribution is 5.89. The van der Waals surface area contributed by atoms with Crippen LogP contribution in [0.2, 0.25) is 0 Å². The number of aliphatic carboxylic acids is 1. The van der Waals surface area contributed by atoms with Gasteiger partial charge >= 0.3 is 12.0 Å². The summed E-state index contributed by atoms with van der Waals surface area (Å²) in [7, 11) is 0. The fourth-order valence-corrected chi connectivity index (χ4v) is 1.71. The van der Waals surface area contributed by atoms with E-state index >= 15 is 0 Å². The van der Waals surface area contributed by atoms with Crippen LogP contribution >= 0.6 is 0 Å². The van der Waals surface area contributed by atoms with Gasteiger partial charge in [-0.25, -0.2) is 4.79 Å². The molecule has 0 aliphatic carbocycles. The summed E-state index contributed by atoms with van der Waals surface area (Å²) in [6.45, 7) is 4.39. The second-order valence-corrected chi connectivity index (χ2v) is 4.90. The number of aryl methyl sites for hydroxylation is 1. The van der Waals surface area contributed by atoms with Crippen LogP contribution in [0.25, 0.3) is 0 Å². The highest BCUT2D eigenvalue weighted by atomic mass is 16.4. The molecule has 0 bridgehead atoms. The molecule has 2 amide bonds. The number of nitrogens with zero attached hydrogens (tertiary/aromatic N) is 1. The minimum Gasteiger partial charge on any atom is -0.481 e. The van der Waals surface area contributed by atoms with E-state index in [2.05, 4.69) is 15.6 Å². The van der Waals surface area contributed by atoms with Gasteiger partial charge in [-0.1, -0.05) is 6.92 Å². The van der Waals surface area contributed by atoms with Crippen molar-refractivity contribution >= 4 is 17.7 Å². The van der Waals surface area contributed by atoms with Crippen LogP contribution in [0.5, 0.6) is 0 Å². The molecule has 1 aromatic heterocycles. The number of anilines is 1. The zero-order valence-corrected chi connectivity index (χ0v) is 11.8. The summed E-state index contributed by atoms with van der Waals surface area (Å²) >= 11 is 0. The highest BCUT2D eigenvalue weighted by Crippen LogP contribution is 2.11. The van der Waals surface area contributed by atoms with Gasteiger partial charge in [0.05, 0.1) is 11.9 Å². The van der Waals surface area contributed by atoms with E-state index in [0.717, 1.165) is 12.0 Å². The van der Waals surface area contributed by atoms with Crippen molar-refractivity contribution < 1.29 is 14.7 Å². The van der Waals surface area contributed by atoms with E-state index in [1.807, 2.05) is 19.9 Å². The maximum Gasteiger partial charge on any atom is 0.319 e. The number of pyridine rings is 1. The van der Waals surface area contributed by atoms with Gasteiger partial charge < -0.3 is 15.7 Å². The second kappa shape index (κ2) is 8.14. The van der Waals surface area contributed by atoms with Gasteiger partial charge in [-0.15, -0.1) is 0 Å². The number of carbonyl (C=O) groups excluding carboxylic acids is 1. The summed E-state index contributed by atoms with van der Waals surface area (Å²) in [6.07, 6.45) is 4.82. The Morgan fingerprint density at radius 1 is 1.40 bits per heavy atom. The zero-order valence-electron chi connectivity index (χ0n) is 11.8. The van der Waals surface area contributed by atoms with Crippen molar-refractivity contribution in [2.45, 2.75) is 33.1 Å². The zero-order chi connectivity index (χ0) is 15.0. The summed E-state index contributed by atoms with van der Waals surface area (Å²) in [6, 6.07) is 1.55. The van der Waals surface area contributed by atoms with Crippen molar-refractivity contribution in [3.8, 4) is 0 Å². The van der Waals surface area contributed by atoms with Crippen molar-refractivity contribution in [3.05, 3.63) is 24.0 Å². The number of hydrogen-bond donors (Lipinski definition) is 3. The van der Waals surface area contributed by atoms with Crippen LogP contribution in [0.1, 0.15) is 31.7 Å². The van der Waals surface area contributed by atoms with Crippen molar-refractivity contribution in [2.75, 3.05) is 11.9 Å². The minimum absolute atomic E-state index is 0.169. The largest absolute Gasteiger partial charge is 0.481 e.